The summed E-state index contributed by atoms with van der Waals surface area (Å²) in [5, 5.41) is 8.73. The summed E-state index contributed by atoms with van der Waals surface area (Å²) in [6.07, 6.45) is 26.6. The molecule has 0 aromatic heterocycles. The summed E-state index contributed by atoms with van der Waals surface area (Å²) in [5.74, 6) is 1.02. The molecule has 0 radical (unpaired) electrons. The van der Waals surface area contributed by atoms with Gasteiger partial charge >= 0.3 is 0 Å². The van der Waals surface area contributed by atoms with Crippen molar-refractivity contribution < 1.29 is 5.11 Å². The standard InChI is InChI=1S/C23H48O/c1-3-5-19-23(20-6-4-2)21-17-15-13-11-9-7-8-10-12-14-16-18-22-24/h23-24H,3-22H2,1-2H3. The van der Waals surface area contributed by atoms with Crippen molar-refractivity contribution in [1.82, 2.24) is 0 Å². The smallest absolute Gasteiger partial charge is 0.0431 e. The van der Waals surface area contributed by atoms with Crippen LogP contribution in [-0.4, -0.2) is 11.7 Å². The minimum absolute atomic E-state index is 0.373. The van der Waals surface area contributed by atoms with E-state index in [9.17, 15) is 0 Å². The first-order valence-corrected chi connectivity index (χ1v) is 11.5. The lowest BCUT2D eigenvalue weighted by Gasteiger charge is -2.16. The molecule has 1 nitrogen and oxygen atoms in total. The molecule has 0 rings (SSSR count). The highest BCUT2D eigenvalue weighted by Crippen LogP contribution is 2.23. The molecule has 0 aliphatic heterocycles. The number of hydrogen-bond acceptors (Lipinski definition) is 1. The van der Waals surface area contributed by atoms with Crippen molar-refractivity contribution >= 4 is 0 Å². The van der Waals surface area contributed by atoms with Gasteiger partial charge in [-0.25, -0.2) is 0 Å². The van der Waals surface area contributed by atoms with Crippen molar-refractivity contribution in [3.63, 3.8) is 0 Å². The fourth-order valence-electron chi connectivity index (χ4n) is 3.73. The van der Waals surface area contributed by atoms with Gasteiger partial charge in [0.25, 0.3) is 0 Å². The topological polar surface area (TPSA) is 20.2 Å². The molecular weight excluding hydrogens is 292 g/mol. The summed E-state index contributed by atoms with van der Waals surface area (Å²) in [7, 11) is 0. The van der Waals surface area contributed by atoms with E-state index in [4.69, 9.17) is 5.11 Å². The fourth-order valence-corrected chi connectivity index (χ4v) is 3.73. The van der Waals surface area contributed by atoms with Crippen LogP contribution in [0.1, 0.15) is 136 Å². The Labute approximate surface area is 154 Å². The first-order chi connectivity index (χ1) is 11.8. The Balaban J connectivity index is 3.29. The molecular formula is C23H48O. The molecule has 0 amide bonds. The molecule has 1 N–H and O–H groups in total. The van der Waals surface area contributed by atoms with Gasteiger partial charge in [0.1, 0.15) is 0 Å². The van der Waals surface area contributed by atoms with Gasteiger partial charge in [-0.3, -0.25) is 0 Å². The lowest BCUT2D eigenvalue weighted by atomic mass is 9.90. The molecule has 1 heteroatoms. The summed E-state index contributed by atoms with van der Waals surface area (Å²) in [5.41, 5.74) is 0. The van der Waals surface area contributed by atoms with Crippen molar-refractivity contribution in [2.75, 3.05) is 6.61 Å². The highest BCUT2D eigenvalue weighted by atomic mass is 16.2. The van der Waals surface area contributed by atoms with Crippen molar-refractivity contribution in [1.29, 1.82) is 0 Å². The maximum atomic E-state index is 8.73. The van der Waals surface area contributed by atoms with Gasteiger partial charge in [-0.1, -0.05) is 129 Å². The first-order valence-electron chi connectivity index (χ1n) is 11.5. The maximum Gasteiger partial charge on any atom is 0.0431 e. The van der Waals surface area contributed by atoms with Gasteiger partial charge in [-0.2, -0.15) is 0 Å². The first kappa shape index (κ1) is 24.0. The van der Waals surface area contributed by atoms with Crippen molar-refractivity contribution in [3.05, 3.63) is 0 Å². The van der Waals surface area contributed by atoms with Crippen LogP contribution in [0.2, 0.25) is 0 Å². The van der Waals surface area contributed by atoms with Gasteiger partial charge in [-0.15, -0.1) is 0 Å². The Bertz CT molecular complexity index is 206. The Morgan fingerprint density at radius 3 is 1.17 bits per heavy atom. The summed E-state index contributed by atoms with van der Waals surface area (Å²) in [6, 6.07) is 0. The molecule has 0 bridgehead atoms. The van der Waals surface area contributed by atoms with Crippen LogP contribution < -0.4 is 0 Å². The molecule has 0 fully saturated rings. The normalized spacial score (nSPS) is 11.5. The van der Waals surface area contributed by atoms with Gasteiger partial charge in [0, 0.05) is 6.61 Å². The third-order valence-electron chi connectivity index (χ3n) is 5.45. The molecule has 0 aliphatic rings. The van der Waals surface area contributed by atoms with Crippen LogP contribution in [-0.2, 0) is 0 Å². The number of aliphatic hydroxyl groups excluding tert-OH is 1. The van der Waals surface area contributed by atoms with Crippen LogP contribution in [0.3, 0.4) is 0 Å². The van der Waals surface area contributed by atoms with E-state index in [1.165, 1.54) is 116 Å². The van der Waals surface area contributed by atoms with E-state index in [0.29, 0.717) is 6.61 Å². The average Bonchev–Trinajstić information content (AvgIpc) is 2.60. The summed E-state index contributed by atoms with van der Waals surface area (Å²) in [4.78, 5) is 0. The van der Waals surface area contributed by atoms with E-state index in [2.05, 4.69) is 13.8 Å². The fraction of sp³-hybridized carbons (Fsp3) is 1.00. The molecule has 0 unspecified atom stereocenters. The van der Waals surface area contributed by atoms with E-state index < -0.39 is 0 Å². The molecule has 0 aliphatic carbocycles. The van der Waals surface area contributed by atoms with E-state index >= 15 is 0 Å². The Morgan fingerprint density at radius 2 is 0.792 bits per heavy atom. The minimum atomic E-state index is 0.373. The monoisotopic (exact) mass is 340 g/mol. The lowest BCUT2D eigenvalue weighted by Crippen LogP contribution is -2.01. The second-order valence-electron chi connectivity index (χ2n) is 7.91. The molecule has 0 saturated heterocycles. The molecule has 0 aromatic carbocycles. The van der Waals surface area contributed by atoms with Gasteiger partial charge in [-0.05, 0) is 12.3 Å². The molecule has 0 spiro atoms. The molecule has 0 atom stereocenters. The zero-order chi connectivity index (χ0) is 17.7. The van der Waals surface area contributed by atoms with Gasteiger partial charge in [0.05, 0.1) is 0 Å². The van der Waals surface area contributed by atoms with E-state index in [0.717, 1.165) is 12.3 Å². The van der Waals surface area contributed by atoms with Gasteiger partial charge in [0.2, 0.25) is 0 Å². The van der Waals surface area contributed by atoms with Gasteiger partial charge in [0.15, 0.2) is 0 Å². The number of rotatable bonds is 20. The average molecular weight is 341 g/mol. The second-order valence-corrected chi connectivity index (χ2v) is 7.91. The Morgan fingerprint density at radius 1 is 0.458 bits per heavy atom. The van der Waals surface area contributed by atoms with Crippen LogP contribution >= 0.6 is 0 Å². The Hall–Kier alpha value is -0.0400. The van der Waals surface area contributed by atoms with Crippen LogP contribution in [0.4, 0.5) is 0 Å². The third kappa shape index (κ3) is 18.3. The second kappa shape index (κ2) is 21.0. The van der Waals surface area contributed by atoms with Crippen LogP contribution in [0.25, 0.3) is 0 Å². The Kier molecular flexibility index (Phi) is 21.0. The highest BCUT2D eigenvalue weighted by molar-refractivity contribution is 4.60. The molecule has 146 valence electrons. The summed E-state index contributed by atoms with van der Waals surface area (Å²) >= 11 is 0. The molecule has 24 heavy (non-hydrogen) atoms. The number of aliphatic hydroxyl groups is 1. The lowest BCUT2D eigenvalue weighted by molar-refractivity contribution is 0.282. The molecule has 0 aromatic rings. The maximum absolute atomic E-state index is 8.73. The van der Waals surface area contributed by atoms with Crippen molar-refractivity contribution in [2.24, 2.45) is 5.92 Å². The van der Waals surface area contributed by atoms with Crippen molar-refractivity contribution in [2.45, 2.75) is 136 Å². The van der Waals surface area contributed by atoms with Gasteiger partial charge < -0.3 is 5.11 Å². The van der Waals surface area contributed by atoms with Crippen molar-refractivity contribution in [3.8, 4) is 0 Å². The quantitative estimate of drug-likeness (QED) is 0.222. The van der Waals surface area contributed by atoms with Crippen LogP contribution in [0, 0.1) is 5.92 Å². The minimum Gasteiger partial charge on any atom is -0.396 e. The zero-order valence-corrected chi connectivity index (χ0v) is 17.2. The zero-order valence-electron chi connectivity index (χ0n) is 17.2. The SMILES string of the molecule is CCCCC(CCCC)CCCCCCCCCCCCCCO. The number of hydrogen-bond donors (Lipinski definition) is 1. The van der Waals surface area contributed by atoms with Crippen LogP contribution in [0.5, 0.6) is 0 Å². The number of unbranched alkanes of at least 4 members (excludes halogenated alkanes) is 13. The highest BCUT2D eigenvalue weighted by Gasteiger charge is 2.07. The predicted molar refractivity (Wildman–Crippen MR) is 110 cm³/mol. The molecule has 0 heterocycles. The van der Waals surface area contributed by atoms with E-state index in [1.54, 1.807) is 0 Å². The summed E-state index contributed by atoms with van der Waals surface area (Å²) < 4.78 is 0. The third-order valence-corrected chi connectivity index (χ3v) is 5.45. The van der Waals surface area contributed by atoms with Crippen LogP contribution in [0.15, 0.2) is 0 Å². The van der Waals surface area contributed by atoms with E-state index in [1.807, 2.05) is 0 Å². The predicted octanol–water partition coefficient (Wildman–Crippen LogP) is 8.05. The van der Waals surface area contributed by atoms with E-state index in [-0.39, 0.29) is 0 Å². The largest absolute Gasteiger partial charge is 0.396 e. The summed E-state index contributed by atoms with van der Waals surface area (Å²) in [6.45, 7) is 5.02. The molecule has 0 saturated carbocycles.